The number of rotatable bonds is 23. The SMILES string of the molecule is C1CCOC1.CCN(CC1CCC(CCN)CC1)c1ncc(C(F)(F)F)cc1CN(Cc1cc(C(F)(F)F)cc(C(F)(F)F)c1)c1nnn(C)n1.CCN(CC1CCC(CCN2C(=O)c3ccccc3C2=O)CC1)c1ncc(C(F)(F)F)cc1CN(Cc1cc(C(F)(F)F)cc(C(F)(F)F)c1)c1nnn(C)n1.NNO. The number of nitrogens with zero attached hydrogens (tertiary/aromatic N) is 15. The van der Waals surface area contributed by atoms with Crippen molar-refractivity contribution >= 4 is 35.3 Å². The van der Waals surface area contributed by atoms with Crippen molar-refractivity contribution in [3.8, 4) is 0 Å². The number of hydrogen-bond acceptors (Lipinski definition) is 19. The Kier molecular flexibility index (Phi) is 29.4. The lowest BCUT2D eigenvalue weighted by atomic mass is 9.80. The summed E-state index contributed by atoms with van der Waals surface area (Å²) in [5.41, 5.74) is -1.38. The van der Waals surface area contributed by atoms with Crippen molar-refractivity contribution < 1.29 is 98.6 Å². The number of anilines is 4. The van der Waals surface area contributed by atoms with Crippen molar-refractivity contribution in [2.45, 2.75) is 154 Å². The zero-order valence-corrected chi connectivity index (χ0v) is 60.2. The van der Waals surface area contributed by atoms with Gasteiger partial charge in [0.2, 0.25) is 0 Å². The van der Waals surface area contributed by atoms with Gasteiger partial charge in [0.25, 0.3) is 23.7 Å². The van der Waals surface area contributed by atoms with Gasteiger partial charge in [0.15, 0.2) is 0 Å². The van der Waals surface area contributed by atoms with Crippen LogP contribution in [-0.4, -0.2) is 125 Å². The molecular weight excluding hydrogens is 1500 g/mol. The summed E-state index contributed by atoms with van der Waals surface area (Å²) >= 11 is 0. The molecule has 0 spiro atoms. The van der Waals surface area contributed by atoms with Crippen LogP contribution in [0.1, 0.15) is 167 Å². The van der Waals surface area contributed by atoms with E-state index in [0.717, 1.165) is 97.6 Å². The Morgan fingerprint density at radius 2 is 0.827 bits per heavy atom. The highest BCUT2D eigenvalue weighted by molar-refractivity contribution is 6.21. The Bertz CT molecular complexity index is 4020. The Labute approximate surface area is 620 Å². The van der Waals surface area contributed by atoms with Gasteiger partial charge in [-0.15, -0.1) is 15.8 Å². The Hall–Kier alpha value is -9.02. The molecule has 1 saturated heterocycles. The van der Waals surface area contributed by atoms with Crippen molar-refractivity contribution in [2.24, 2.45) is 49.3 Å². The predicted molar refractivity (Wildman–Crippen MR) is 365 cm³/mol. The Balaban J connectivity index is 0.000000255. The standard InChI is InChI=1S/C37H37F9N8O2.C29H35F9N8.C4H8O.H4N2O/c1-3-52(19-23-10-8-22(9-11-23)12-13-54-32(55)29-6-4-5-7-30(29)33(54)56)31-25(16-28(18-47-31)37(44,45)46)21-53(34-48-50-51(2)49-34)20-24-14-26(35(38,39)40)17-27(15-24)36(41,42)43;1-3-45(15-19-6-4-18(5-7-19)8-9-39)25-21(12-24(14-40-25)29(36,37)38)17-46(26-41-43-44(2)42-26)16-20-10-22(27(30,31)32)13-23(11-20)28(33,34)35;1-2-4-5-3-1;1-2-3/h4-7,14-18,22-23H,3,8-13,19-21H2,1-2H3;10-14,18-19H,3-9,15-17,39H2,1-2H3;1-4H2;2-3H,1H2. The molecule has 2 aliphatic carbocycles. The van der Waals surface area contributed by atoms with E-state index in [2.05, 4.69) is 46.6 Å². The van der Waals surface area contributed by atoms with Gasteiger partial charge in [-0.05, 0) is 178 Å². The summed E-state index contributed by atoms with van der Waals surface area (Å²) in [5.74, 6) is 4.56. The van der Waals surface area contributed by atoms with E-state index in [9.17, 15) is 88.6 Å². The van der Waals surface area contributed by atoms with E-state index in [1.54, 1.807) is 36.1 Å². The zero-order chi connectivity index (χ0) is 80.7. The minimum Gasteiger partial charge on any atom is -0.381 e. The average Bonchev–Trinajstić information content (AvgIpc) is 1.57. The van der Waals surface area contributed by atoms with E-state index in [0.29, 0.717) is 92.8 Å². The number of halogens is 18. The second-order valence-corrected chi connectivity index (χ2v) is 27.1. The third kappa shape index (κ3) is 24.0. The summed E-state index contributed by atoms with van der Waals surface area (Å²) in [6, 6.07) is 10.6. The maximum Gasteiger partial charge on any atom is 0.417 e. The van der Waals surface area contributed by atoms with Crippen LogP contribution in [0.4, 0.5) is 103 Å². The van der Waals surface area contributed by atoms with Crippen LogP contribution in [0, 0.1) is 23.7 Å². The van der Waals surface area contributed by atoms with Crippen molar-refractivity contribution in [3.05, 3.63) is 152 Å². The van der Waals surface area contributed by atoms with Crippen LogP contribution < -0.4 is 36.8 Å². The fourth-order valence-electron chi connectivity index (χ4n) is 13.6. The number of aryl methyl sites for hydroxylation is 2. The molecule has 0 unspecified atom stereocenters. The molecule has 2 saturated carbocycles. The van der Waals surface area contributed by atoms with Crippen LogP contribution >= 0.6 is 0 Å². The summed E-state index contributed by atoms with van der Waals surface area (Å²) in [6.45, 7) is 5.97. The molecule has 2 amide bonds. The largest absolute Gasteiger partial charge is 0.417 e. The van der Waals surface area contributed by atoms with E-state index >= 15 is 0 Å². The minimum absolute atomic E-state index is 0.00582. The highest BCUT2D eigenvalue weighted by Crippen LogP contribution is 2.42. The predicted octanol–water partition coefficient (Wildman–Crippen LogP) is 14.7. The number of alkyl halides is 18. The van der Waals surface area contributed by atoms with Gasteiger partial charge in [0, 0.05) is 95.6 Å². The highest BCUT2D eigenvalue weighted by Gasteiger charge is 2.42. The summed E-state index contributed by atoms with van der Waals surface area (Å²) in [4.78, 5) is 43.2. The van der Waals surface area contributed by atoms with Crippen LogP contribution in [0.5, 0.6) is 0 Å². The molecule has 11 rings (SSSR count). The number of imide groups is 1. The Morgan fingerprint density at radius 1 is 0.491 bits per heavy atom. The van der Waals surface area contributed by atoms with Crippen molar-refractivity contribution in [1.29, 1.82) is 0 Å². The normalized spacial score (nSPS) is 17.7. The zero-order valence-electron chi connectivity index (χ0n) is 60.2. The molecule has 7 aromatic rings. The van der Waals surface area contributed by atoms with Gasteiger partial charge in [-0.3, -0.25) is 14.5 Å². The van der Waals surface area contributed by atoms with Crippen molar-refractivity contribution in [1.82, 2.24) is 60.9 Å². The first kappa shape index (κ1) is 86.6. The lowest BCUT2D eigenvalue weighted by Gasteiger charge is -2.34. The molecule has 0 bridgehead atoms. The molecule has 40 heteroatoms. The molecule has 6 N–H and O–H groups in total. The molecule has 22 nitrogen and oxygen atoms in total. The summed E-state index contributed by atoms with van der Waals surface area (Å²) in [5, 5.41) is 30.3. The molecule has 0 radical (unpaired) electrons. The average molecular weight is 1580 g/mol. The van der Waals surface area contributed by atoms with E-state index in [1.165, 1.54) is 42.3 Å². The minimum atomic E-state index is -5.12. The summed E-state index contributed by atoms with van der Waals surface area (Å²) in [7, 11) is 2.76. The third-order valence-electron chi connectivity index (χ3n) is 19.2. The molecule has 6 heterocycles. The van der Waals surface area contributed by atoms with Gasteiger partial charge in [0.05, 0.1) is 58.6 Å². The van der Waals surface area contributed by atoms with Gasteiger partial charge in [-0.25, -0.2) is 15.8 Å². The first-order valence-corrected chi connectivity index (χ1v) is 35.2. The second kappa shape index (κ2) is 37.3. The lowest BCUT2D eigenvalue weighted by Crippen LogP contribution is -2.35. The van der Waals surface area contributed by atoms with Crippen LogP contribution in [0.15, 0.2) is 85.2 Å². The van der Waals surface area contributed by atoms with Crippen LogP contribution in [0.25, 0.3) is 0 Å². The molecular formula is C70H84F18N18O4. The van der Waals surface area contributed by atoms with Crippen LogP contribution in [0.3, 0.4) is 0 Å². The molecule has 4 aromatic heterocycles. The molecule has 2 aliphatic heterocycles. The first-order chi connectivity index (χ1) is 51.7. The van der Waals surface area contributed by atoms with Crippen molar-refractivity contribution in [3.63, 3.8) is 0 Å². The molecule has 3 fully saturated rings. The third-order valence-corrected chi connectivity index (χ3v) is 19.2. The van der Waals surface area contributed by atoms with Crippen molar-refractivity contribution in [2.75, 3.05) is 72.1 Å². The number of amides is 2. The molecule has 110 heavy (non-hydrogen) atoms. The van der Waals surface area contributed by atoms with Gasteiger partial charge in [0.1, 0.15) is 11.6 Å². The number of hydrazine groups is 1. The summed E-state index contributed by atoms with van der Waals surface area (Å²) < 4.78 is 252. The second-order valence-electron chi connectivity index (χ2n) is 27.1. The number of ether oxygens (including phenoxy) is 1. The fraction of sp³-hybridized carbons (Fsp3) is 0.543. The Morgan fingerprint density at radius 3 is 1.12 bits per heavy atom. The maximum atomic E-state index is 14.0. The number of carbonyl (C=O) groups is 2. The van der Waals surface area contributed by atoms with E-state index in [4.69, 9.17) is 15.7 Å². The quantitative estimate of drug-likeness (QED) is 0.0201. The topological polar surface area (TPSA) is 257 Å². The van der Waals surface area contributed by atoms with Gasteiger partial charge < -0.3 is 35.3 Å². The van der Waals surface area contributed by atoms with Crippen LogP contribution in [-0.2, 0) is 82.1 Å². The van der Waals surface area contributed by atoms with Gasteiger partial charge in [-0.1, -0.05) is 48.0 Å². The molecule has 604 valence electrons. The van der Waals surface area contributed by atoms with E-state index < -0.39 is 108 Å². The van der Waals surface area contributed by atoms with Gasteiger partial charge >= 0.3 is 37.1 Å². The van der Waals surface area contributed by atoms with E-state index in [-0.39, 0.29) is 82.9 Å². The maximum absolute atomic E-state index is 14.0. The number of nitrogens with two attached hydrogens (primary N) is 2. The number of aromatic nitrogens is 10. The molecule has 4 aliphatic rings. The fourth-order valence-corrected chi connectivity index (χ4v) is 13.6. The number of tetrazole rings is 2. The molecule has 3 aromatic carbocycles. The number of pyridine rings is 2. The summed E-state index contributed by atoms with van der Waals surface area (Å²) in [6.07, 6.45) is -17.6. The number of hydrogen-bond donors (Lipinski definition) is 4. The molecule has 0 atom stereocenters. The number of carbonyl (C=O) groups excluding carboxylic acids is 2. The van der Waals surface area contributed by atoms with Crippen LogP contribution in [0.2, 0.25) is 0 Å². The van der Waals surface area contributed by atoms with E-state index in [1.807, 2.05) is 11.8 Å². The van der Waals surface area contributed by atoms with Gasteiger partial charge in [-0.2, -0.15) is 88.6 Å². The first-order valence-electron chi connectivity index (χ1n) is 35.2. The smallest absolute Gasteiger partial charge is 0.381 e. The highest BCUT2D eigenvalue weighted by atomic mass is 19.4. The number of benzene rings is 3. The monoisotopic (exact) mass is 1580 g/mol. The lowest BCUT2D eigenvalue weighted by molar-refractivity contribution is -0.144. The number of fused-ring (bicyclic) bond motifs is 1. The number of nitrogens with one attached hydrogen (secondary N) is 1.